The fourth-order valence-corrected chi connectivity index (χ4v) is 3.14. The molecular weight excluding hydrogens is 376 g/mol. The number of benzene rings is 3. The number of hydrogen-bond donors (Lipinski definition) is 1. The highest BCUT2D eigenvalue weighted by molar-refractivity contribution is 6.05. The van der Waals surface area contributed by atoms with Gasteiger partial charge in [0.1, 0.15) is 16.8 Å². The number of unbranched alkanes of at least 4 members (excludes halogenated alkanes) is 1. The first-order valence-corrected chi connectivity index (χ1v) is 10.1. The normalized spacial score (nSPS) is 10.9. The molecule has 0 aliphatic carbocycles. The molecule has 1 aromatic heterocycles. The van der Waals surface area contributed by atoms with E-state index in [0.717, 1.165) is 35.1 Å². The third-order valence-corrected chi connectivity index (χ3v) is 4.82. The summed E-state index contributed by atoms with van der Waals surface area (Å²) < 4.78 is 5.71. The summed E-state index contributed by atoms with van der Waals surface area (Å²) in [7, 11) is 0. The lowest BCUT2D eigenvalue weighted by Crippen LogP contribution is -2.13. The van der Waals surface area contributed by atoms with Gasteiger partial charge in [-0.15, -0.1) is 10.2 Å². The second-order valence-corrected chi connectivity index (χ2v) is 7.16. The van der Waals surface area contributed by atoms with Crippen LogP contribution in [0.4, 0.5) is 5.69 Å². The largest absolute Gasteiger partial charge is 0.494 e. The number of aryl methyl sites for hydroxylation is 1. The summed E-state index contributed by atoms with van der Waals surface area (Å²) in [5, 5.41) is 12.1. The van der Waals surface area contributed by atoms with Gasteiger partial charge in [-0.1, -0.05) is 37.6 Å². The number of nitrogens with one attached hydrogen (secondary N) is 1. The number of para-hydroxylation sites is 1. The zero-order valence-electron chi connectivity index (χ0n) is 17.1. The zero-order chi connectivity index (χ0) is 20.9. The minimum atomic E-state index is -0.186. The molecule has 6 nitrogen and oxygen atoms in total. The van der Waals surface area contributed by atoms with E-state index in [1.807, 2.05) is 61.5 Å². The molecule has 0 bridgehead atoms. The molecule has 4 aromatic rings. The molecule has 6 heteroatoms. The topological polar surface area (TPSA) is 69.0 Å². The Hall–Kier alpha value is -3.67. The number of amides is 1. The van der Waals surface area contributed by atoms with Gasteiger partial charge >= 0.3 is 0 Å². The van der Waals surface area contributed by atoms with Crippen LogP contribution in [0.15, 0.2) is 66.7 Å². The average Bonchev–Trinajstić information content (AvgIpc) is 3.18. The van der Waals surface area contributed by atoms with Crippen LogP contribution in [0.2, 0.25) is 0 Å². The number of carbonyl (C=O) groups excluding carboxylic acids is 1. The maximum Gasteiger partial charge on any atom is 0.255 e. The number of ether oxygens (including phenoxy) is 1. The Kier molecular flexibility index (Phi) is 5.75. The average molecular weight is 400 g/mol. The Morgan fingerprint density at radius 3 is 2.53 bits per heavy atom. The summed E-state index contributed by atoms with van der Waals surface area (Å²) in [6, 6.07) is 20.8. The molecule has 0 fully saturated rings. The molecule has 0 unspecified atom stereocenters. The van der Waals surface area contributed by atoms with E-state index in [1.165, 1.54) is 0 Å². The molecule has 4 rings (SSSR count). The molecular formula is C24H24N4O2. The van der Waals surface area contributed by atoms with E-state index >= 15 is 0 Å². The molecule has 3 aromatic carbocycles. The quantitative estimate of drug-likeness (QED) is 0.435. The summed E-state index contributed by atoms with van der Waals surface area (Å²) in [6.45, 7) is 4.71. The zero-order valence-corrected chi connectivity index (χ0v) is 17.1. The first kappa shape index (κ1) is 19.6. The van der Waals surface area contributed by atoms with E-state index in [2.05, 4.69) is 22.4 Å². The first-order valence-electron chi connectivity index (χ1n) is 10.1. The predicted octanol–water partition coefficient (Wildman–Crippen LogP) is 5.16. The van der Waals surface area contributed by atoms with Gasteiger partial charge in [-0.05, 0) is 61.4 Å². The summed E-state index contributed by atoms with van der Waals surface area (Å²) in [5.74, 6) is 0.517. The van der Waals surface area contributed by atoms with Gasteiger partial charge in [0.05, 0.1) is 12.3 Å². The lowest BCUT2D eigenvalue weighted by atomic mass is 10.1. The van der Waals surface area contributed by atoms with Gasteiger partial charge in [-0.25, -0.2) is 0 Å². The van der Waals surface area contributed by atoms with Crippen LogP contribution in [0.25, 0.3) is 16.7 Å². The van der Waals surface area contributed by atoms with Crippen molar-refractivity contribution in [1.29, 1.82) is 0 Å². The van der Waals surface area contributed by atoms with Gasteiger partial charge in [0.15, 0.2) is 0 Å². The van der Waals surface area contributed by atoms with Gasteiger partial charge < -0.3 is 10.1 Å². The van der Waals surface area contributed by atoms with Gasteiger partial charge in [-0.3, -0.25) is 4.79 Å². The lowest BCUT2D eigenvalue weighted by Gasteiger charge is -2.10. The number of fused-ring (bicyclic) bond motifs is 1. The predicted molar refractivity (Wildman–Crippen MR) is 118 cm³/mol. The molecule has 0 saturated carbocycles. The van der Waals surface area contributed by atoms with Crippen molar-refractivity contribution in [3.63, 3.8) is 0 Å². The number of carbonyl (C=O) groups is 1. The molecule has 0 saturated heterocycles. The Morgan fingerprint density at radius 2 is 1.77 bits per heavy atom. The van der Waals surface area contributed by atoms with Crippen LogP contribution < -0.4 is 10.1 Å². The summed E-state index contributed by atoms with van der Waals surface area (Å²) in [4.78, 5) is 14.4. The summed E-state index contributed by atoms with van der Waals surface area (Å²) in [5.41, 5.74) is 4.57. The van der Waals surface area contributed by atoms with Crippen molar-refractivity contribution < 1.29 is 9.53 Å². The van der Waals surface area contributed by atoms with Gasteiger partial charge in [0.25, 0.3) is 5.91 Å². The molecule has 1 heterocycles. The van der Waals surface area contributed by atoms with Gasteiger partial charge in [-0.2, -0.15) is 4.80 Å². The molecule has 1 N–H and O–H groups in total. The van der Waals surface area contributed by atoms with E-state index in [9.17, 15) is 4.79 Å². The van der Waals surface area contributed by atoms with Crippen molar-refractivity contribution in [2.24, 2.45) is 0 Å². The highest BCUT2D eigenvalue weighted by Gasteiger charge is 2.12. The fourth-order valence-electron chi connectivity index (χ4n) is 3.14. The minimum Gasteiger partial charge on any atom is -0.494 e. The fraction of sp³-hybridized carbons (Fsp3) is 0.208. The second kappa shape index (κ2) is 8.78. The van der Waals surface area contributed by atoms with E-state index < -0.39 is 0 Å². The maximum atomic E-state index is 12.8. The van der Waals surface area contributed by atoms with Gasteiger partial charge in [0, 0.05) is 11.3 Å². The van der Waals surface area contributed by atoms with E-state index in [-0.39, 0.29) is 5.91 Å². The molecule has 0 aliphatic heterocycles. The number of rotatable bonds is 7. The summed E-state index contributed by atoms with van der Waals surface area (Å²) >= 11 is 0. The molecule has 30 heavy (non-hydrogen) atoms. The minimum absolute atomic E-state index is 0.186. The van der Waals surface area contributed by atoms with Crippen LogP contribution in [0, 0.1) is 6.92 Å². The van der Waals surface area contributed by atoms with Gasteiger partial charge in [0.2, 0.25) is 0 Å². The van der Waals surface area contributed by atoms with E-state index in [0.29, 0.717) is 23.6 Å². The van der Waals surface area contributed by atoms with E-state index in [4.69, 9.17) is 4.74 Å². The Labute approximate surface area is 175 Å². The summed E-state index contributed by atoms with van der Waals surface area (Å²) in [6.07, 6.45) is 2.05. The molecule has 0 atom stereocenters. The van der Waals surface area contributed by atoms with Crippen molar-refractivity contribution in [3.8, 4) is 11.4 Å². The second-order valence-electron chi connectivity index (χ2n) is 7.16. The lowest BCUT2D eigenvalue weighted by molar-refractivity contribution is 0.102. The van der Waals surface area contributed by atoms with E-state index in [1.54, 1.807) is 16.9 Å². The molecule has 0 spiro atoms. The van der Waals surface area contributed by atoms with Crippen LogP contribution in [-0.2, 0) is 0 Å². The Bertz CT molecular complexity index is 1170. The number of anilines is 1. The molecule has 0 radical (unpaired) electrons. The van der Waals surface area contributed by atoms with Crippen molar-refractivity contribution in [2.45, 2.75) is 26.7 Å². The SMILES string of the molecule is CCCCOc1cccc(C(=O)Nc2cc3nn(-c4ccccc4)nc3cc2C)c1. The van der Waals surface area contributed by atoms with Crippen LogP contribution in [0.5, 0.6) is 5.75 Å². The third kappa shape index (κ3) is 4.33. The third-order valence-electron chi connectivity index (χ3n) is 4.82. The van der Waals surface area contributed by atoms with Crippen molar-refractivity contribution >= 4 is 22.6 Å². The molecule has 0 aliphatic rings. The number of hydrogen-bond acceptors (Lipinski definition) is 4. The Morgan fingerprint density at radius 1 is 1.00 bits per heavy atom. The monoisotopic (exact) mass is 400 g/mol. The van der Waals surface area contributed by atoms with Crippen molar-refractivity contribution in [3.05, 3.63) is 77.9 Å². The van der Waals surface area contributed by atoms with Crippen LogP contribution in [0.1, 0.15) is 35.7 Å². The number of aromatic nitrogens is 3. The van der Waals surface area contributed by atoms with Crippen LogP contribution in [-0.4, -0.2) is 27.5 Å². The standard InChI is InChI=1S/C24H24N4O2/c1-3-4-13-30-20-12-8-9-18(15-20)24(29)25-21-16-23-22(14-17(21)2)26-28(27-23)19-10-6-5-7-11-19/h5-12,14-16H,3-4,13H2,1-2H3,(H,25,29). The highest BCUT2D eigenvalue weighted by atomic mass is 16.5. The Balaban J connectivity index is 1.55. The van der Waals surface area contributed by atoms with Crippen molar-refractivity contribution in [1.82, 2.24) is 15.0 Å². The first-order chi connectivity index (χ1) is 14.6. The molecule has 152 valence electrons. The van der Waals surface area contributed by atoms with Crippen LogP contribution in [0.3, 0.4) is 0 Å². The highest BCUT2D eigenvalue weighted by Crippen LogP contribution is 2.23. The number of nitrogens with zero attached hydrogens (tertiary/aromatic N) is 3. The smallest absolute Gasteiger partial charge is 0.255 e. The maximum absolute atomic E-state index is 12.8. The van der Waals surface area contributed by atoms with Crippen LogP contribution >= 0.6 is 0 Å². The molecule has 1 amide bonds. The van der Waals surface area contributed by atoms with Crippen molar-refractivity contribution in [2.75, 3.05) is 11.9 Å².